The minimum atomic E-state index is -0.305. The van der Waals surface area contributed by atoms with Gasteiger partial charge in [-0.2, -0.15) is 0 Å². The number of hydrogen-bond acceptors (Lipinski definition) is 3. The maximum atomic E-state index is 12.4. The number of carbonyl (C=O) groups is 1. The number of nitrogens with zero attached hydrogens (tertiary/aromatic N) is 1. The van der Waals surface area contributed by atoms with E-state index >= 15 is 0 Å². The van der Waals surface area contributed by atoms with Crippen LogP contribution in [0.5, 0.6) is 0 Å². The molecule has 128 valence electrons. The highest BCUT2D eigenvalue weighted by Crippen LogP contribution is 2.20. The highest BCUT2D eigenvalue weighted by molar-refractivity contribution is 5.97. The van der Waals surface area contributed by atoms with Gasteiger partial charge in [-0.05, 0) is 30.4 Å². The zero-order valence-electron chi connectivity index (χ0n) is 14.3. The lowest BCUT2D eigenvalue weighted by Crippen LogP contribution is -2.43. The number of amides is 1. The Kier molecular flexibility index (Phi) is 5.00. The van der Waals surface area contributed by atoms with Crippen LogP contribution in [0.1, 0.15) is 30.6 Å². The Morgan fingerprint density at radius 3 is 2.71 bits per heavy atom. The summed E-state index contributed by atoms with van der Waals surface area (Å²) in [4.78, 5) is 30.2. The second kappa shape index (κ2) is 7.18. The fourth-order valence-electron chi connectivity index (χ4n) is 3.73. The van der Waals surface area contributed by atoms with Crippen molar-refractivity contribution in [2.75, 3.05) is 26.2 Å². The smallest absolute Gasteiger partial charge is 0.256 e. The molecule has 2 atom stereocenters. The molecule has 0 radical (unpaired) electrons. The Hall–Kier alpha value is -2.14. The summed E-state index contributed by atoms with van der Waals surface area (Å²) in [6.07, 6.45) is 2.78. The van der Waals surface area contributed by atoms with E-state index < -0.39 is 0 Å². The molecule has 2 aromatic rings. The number of para-hydroxylation sites is 1. The monoisotopic (exact) mass is 327 g/mol. The van der Waals surface area contributed by atoms with E-state index in [0.29, 0.717) is 23.8 Å². The number of benzene rings is 1. The Morgan fingerprint density at radius 1 is 1.25 bits per heavy atom. The number of H-pyrrole nitrogens is 1. The molecular weight excluding hydrogens is 302 g/mol. The van der Waals surface area contributed by atoms with Crippen molar-refractivity contribution in [1.29, 1.82) is 0 Å². The van der Waals surface area contributed by atoms with E-state index in [1.165, 1.54) is 12.6 Å². The molecule has 1 aromatic carbocycles. The van der Waals surface area contributed by atoms with Crippen molar-refractivity contribution >= 4 is 16.8 Å². The molecule has 0 saturated carbocycles. The lowest BCUT2D eigenvalue weighted by molar-refractivity contribution is 0.0935. The van der Waals surface area contributed by atoms with E-state index in [9.17, 15) is 9.59 Å². The van der Waals surface area contributed by atoms with E-state index in [4.69, 9.17) is 0 Å². The molecule has 1 fully saturated rings. The van der Waals surface area contributed by atoms with Crippen LogP contribution in [0.2, 0.25) is 0 Å². The summed E-state index contributed by atoms with van der Waals surface area (Å²) in [5.74, 6) is 1.10. The first-order valence-corrected chi connectivity index (χ1v) is 8.65. The number of piperidine rings is 1. The molecule has 1 aliphatic rings. The van der Waals surface area contributed by atoms with Gasteiger partial charge < -0.3 is 15.2 Å². The van der Waals surface area contributed by atoms with Crippen LogP contribution in [0, 0.1) is 11.8 Å². The predicted octanol–water partition coefficient (Wildman–Crippen LogP) is 2.24. The van der Waals surface area contributed by atoms with Crippen molar-refractivity contribution in [3.63, 3.8) is 0 Å². The van der Waals surface area contributed by atoms with Gasteiger partial charge in [-0.1, -0.05) is 26.0 Å². The SMILES string of the molecule is C[C@H]1C[C@H](C)CN(CCNC(=O)c2c[nH]c3ccccc3c2=O)C1. The Balaban J connectivity index is 1.61. The predicted molar refractivity (Wildman–Crippen MR) is 96.3 cm³/mol. The van der Waals surface area contributed by atoms with Gasteiger partial charge in [-0.15, -0.1) is 0 Å². The van der Waals surface area contributed by atoms with Crippen LogP contribution in [-0.2, 0) is 0 Å². The van der Waals surface area contributed by atoms with Crippen LogP contribution in [0.15, 0.2) is 35.3 Å². The van der Waals surface area contributed by atoms with Crippen molar-refractivity contribution in [3.05, 3.63) is 46.2 Å². The molecule has 0 aliphatic carbocycles. The summed E-state index contributed by atoms with van der Waals surface area (Å²) >= 11 is 0. The molecule has 1 aliphatic heterocycles. The first kappa shape index (κ1) is 16.7. The highest BCUT2D eigenvalue weighted by Gasteiger charge is 2.21. The molecule has 1 saturated heterocycles. The van der Waals surface area contributed by atoms with E-state index in [1.54, 1.807) is 12.1 Å². The molecule has 5 heteroatoms. The van der Waals surface area contributed by atoms with Gasteiger partial charge in [0.1, 0.15) is 5.56 Å². The number of nitrogens with one attached hydrogen (secondary N) is 2. The van der Waals surface area contributed by atoms with Crippen molar-refractivity contribution in [2.24, 2.45) is 11.8 Å². The summed E-state index contributed by atoms with van der Waals surface area (Å²) in [6, 6.07) is 7.23. The van der Waals surface area contributed by atoms with Gasteiger partial charge in [0.05, 0.1) is 0 Å². The molecular formula is C19H25N3O2. The molecule has 2 N–H and O–H groups in total. The fourth-order valence-corrected chi connectivity index (χ4v) is 3.73. The number of likely N-dealkylation sites (tertiary alicyclic amines) is 1. The average Bonchev–Trinajstić information content (AvgIpc) is 2.54. The standard InChI is InChI=1S/C19H25N3O2/c1-13-9-14(2)12-22(11-13)8-7-20-19(24)16-10-21-17-6-4-3-5-15(17)18(16)23/h3-6,10,13-14H,7-9,11-12H2,1-2H3,(H,20,24)(H,21,23)/t13-,14-/m0/s1. The number of carbonyl (C=O) groups excluding carboxylic acids is 1. The molecule has 3 rings (SSSR count). The maximum Gasteiger partial charge on any atom is 0.256 e. The number of aromatic nitrogens is 1. The topological polar surface area (TPSA) is 65.2 Å². The molecule has 0 unspecified atom stereocenters. The largest absolute Gasteiger partial charge is 0.360 e. The van der Waals surface area contributed by atoms with Gasteiger partial charge >= 0.3 is 0 Å². The van der Waals surface area contributed by atoms with Crippen LogP contribution in [0.4, 0.5) is 0 Å². The van der Waals surface area contributed by atoms with Crippen LogP contribution >= 0.6 is 0 Å². The summed E-state index contributed by atoms with van der Waals surface area (Å²) in [6.45, 7) is 8.09. The normalized spacial score (nSPS) is 21.8. The van der Waals surface area contributed by atoms with E-state index in [2.05, 4.69) is 29.0 Å². The van der Waals surface area contributed by atoms with Crippen molar-refractivity contribution in [3.8, 4) is 0 Å². The molecule has 5 nitrogen and oxygen atoms in total. The first-order valence-electron chi connectivity index (χ1n) is 8.65. The molecule has 0 spiro atoms. The van der Waals surface area contributed by atoms with Crippen LogP contribution in [0.3, 0.4) is 0 Å². The van der Waals surface area contributed by atoms with Crippen molar-refractivity contribution in [2.45, 2.75) is 20.3 Å². The molecule has 1 aromatic heterocycles. The highest BCUT2D eigenvalue weighted by atomic mass is 16.2. The summed E-state index contributed by atoms with van der Waals surface area (Å²) in [5, 5.41) is 3.43. The third-order valence-corrected chi connectivity index (χ3v) is 4.69. The van der Waals surface area contributed by atoms with Gasteiger partial charge in [0.15, 0.2) is 0 Å². The fraction of sp³-hybridized carbons (Fsp3) is 0.474. The van der Waals surface area contributed by atoms with Gasteiger partial charge in [0, 0.05) is 43.3 Å². The third kappa shape index (κ3) is 3.67. The summed E-state index contributed by atoms with van der Waals surface area (Å²) < 4.78 is 0. The molecule has 0 bridgehead atoms. The number of pyridine rings is 1. The van der Waals surface area contributed by atoms with Crippen LogP contribution in [-0.4, -0.2) is 42.0 Å². The minimum Gasteiger partial charge on any atom is -0.360 e. The second-order valence-corrected chi connectivity index (χ2v) is 7.04. The second-order valence-electron chi connectivity index (χ2n) is 7.04. The minimum absolute atomic E-state index is 0.175. The van der Waals surface area contributed by atoms with Gasteiger partial charge in [-0.25, -0.2) is 0 Å². The maximum absolute atomic E-state index is 12.4. The molecule has 1 amide bonds. The Morgan fingerprint density at radius 2 is 1.96 bits per heavy atom. The number of hydrogen-bond donors (Lipinski definition) is 2. The van der Waals surface area contributed by atoms with E-state index in [0.717, 1.165) is 25.2 Å². The van der Waals surface area contributed by atoms with E-state index in [1.807, 2.05) is 12.1 Å². The van der Waals surface area contributed by atoms with Crippen LogP contribution < -0.4 is 10.7 Å². The van der Waals surface area contributed by atoms with E-state index in [-0.39, 0.29) is 16.9 Å². The first-order chi connectivity index (χ1) is 11.5. The number of aromatic amines is 1. The lowest BCUT2D eigenvalue weighted by atomic mass is 9.92. The number of fused-ring (bicyclic) bond motifs is 1. The Bertz CT molecular complexity index is 774. The number of rotatable bonds is 4. The van der Waals surface area contributed by atoms with Crippen molar-refractivity contribution < 1.29 is 4.79 Å². The van der Waals surface area contributed by atoms with Crippen molar-refractivity contribution in [1.82, 2.24) is 15.2 Å². The van der Waals surface area contributed by atoms with Gasteiger partial charge in [0.2, 0.25) is 5.43 Å². The third-order valence-electron chi connectivity index (χ3n) is 4.69. The quantitative estimate of drug-likeness (QED) is 0.905. The zero-order valence-corrected chi connectivity index (χ0v) is 14.3. The summed E-state index contributed by atoms with van der Waals surface area (Å²) in [5.41, 5.74) is 0.700. The zero-order chi connectivity index (χ0) is 17.1. The van der Waals surface area contributed by atoms with Crippen LogP contribution in [0.25, 0.3) is 10.9 Å². The van der Waals surface area contributed by atoms with Gasteiger partial charge in [0.25, 0.3) is 5.91 Å². The summed E-state index contributed by atoms with van der Waals surface area (Å²) in [7, 11) is 0. The molecule has 24 heavy (non-hydrogen) atoms. The Labute approximate surface area is 142 Å². The lowest BCUT2D eigenvalue weighted by Gasteiger charge is -2.34. The van der Waals surface area contributed by atoms with Gasteiger partial charge in [-0.3, -0.25) is 9.59 Å². The average molecular weight is 327 g/mol. The molecule has 2 heterocycles.